The van der Waals surface area contributed by atoms with E-state index in [4.69, 9.17) is 19.3 Å². The van der Waals surface area contributed by atoms with Crippen LogP contribution in [0.25, 0.3) is 0 Å². The second kappa shape index (κ2) is 12.5. The van der Waals surface area contributed by atoms with E-state index in [2.05, 4.69) is 33.2 Å². The Balaban J connectivity index is 1.69. The lowest BCUT2D eigenvalue weighted by Gasteiger charge is -2.28. The predicted octanol–water partition coefficient (Wildman–Crippen LogP) is 6.37. The van der Waals surface area contributed by atoms with Gasteiger partial charge in [-0.1, -0.05) is 66.2 Å². The first-order valence-corrected chi connectivity index (χ1v) is 14.0. The molecule has 37 heavy (non-hydrogen) atoms. The van der Waals surface area contributed by atoms with Crippen molar-refractivity contribution in [3.05, 3.63) is 69.3 Å². The number of benzene rings is 2. The Morgan fingerprint density at radius 2 is 2.03 bits per heavy atom. The molecule has 3 aromatic rings. The van der Waals surface area contributed by atoms with Crippen molar-refractivity contribution in [2.75, 3.05) is 24.8 Å². The van der Waals surface area contributed by atoms with Crippen LogP contribution in [0.5, 0.6) is 11.5 Å². The lowest BCUT2D eigenvalue weighted by Crippen LogP contribution is -2.29. The van der Waals surface area contributed by atoms with Crippen molar-refractivity contribution in [2.45, 2.75) is 51.4 Å². The second-order valence-electron chi connectivity index (χ2n) is 8.48. The third-order valence-corrected chi connectivity index (χ3v) is 7.06. The molecule has 0 fully saturated rings. The molecular formula is C27H31BrN4O4S. The number of nitrogens with zero attached hydrogens (tertiary/aromatic N) is 3. The van der Waals surface area contributed by atoms with E-state index in [1.54, 1.807) is 23.6 Å². The minimum absolute atomic E-state index is 0.367. The molecule has 0 radical (unpaired) electrons. The molecule has 0 aliphatic carbocycles. The Morgan fingerprint density at radius 3 is 2.76 bits per heavy atom. The van der Waals surface area contributed by atoms with Crippen LogP contribution in [0.1, 0.15) is 50.8 Å². The van der Waals surface area contributed by atoms with Gasteiger partial charge in [0.05, 0.1) is 19.3 Å². The number of nitrogens with one attached hydrogen (secondary N) is 1. The summed E-state index contributed by atoms with van der Waals surface area (Å²) in [6, 6.07) is 13.1. The number of hydrogen-bond donors (Lipinski definition) is 1. The van der Waals surface area contributed by atoms with Crippen LogP contribution in [-0.4, -0.2) is 40.2 Å². The molecule has 2 aromatic carbocycles. The van der Waals surface area contributed by atoms with E-state index in [0.717, 1.165) is 34.2 Å². The highest BCUT2D eigenvalue weighted by Crippen LogP contribution is 2.40. The van der Waals surface area contributed by atoms with Crippen LogP contribution in [0.15, 0.2) is 63.4 Å². The van der Waals surface area contributed by atoms with Crippen molar-refractivity contribution < 1.29 is 19.0 Å². The predicted molar refractivity (Wildman–Crippen MR) is 148 cm³/mol. The van der Waals surface area contributed by atoms with Gasteiger partial charge in [-0.25, -0.2) is 9.48 Å². The largest absolute Gasteiger partial charge is 0.493 e. The molecule has 0 saturated heterocycles. The van der Waals surface area contributed by atoms with Gasteiger partial charge in [-0.05, 0) is 54.5 Å². The van der Waals surface area contributed by atoms with Crippen LogP contribution in [-0.2, 0) is 16.1 Å². The summed E-state index contributed by atoms with van der Waals surface area (Å²) in [5.74, 6) is 2.21. The van der Waals surface area contributed by atoms with Crippen molar-refractivity contribution in [3.8, 4) is 11.5 Å². The Morgan fingerprint density at radius 1 is 1.19 bits per heavy atom. The number of carbonyl (C=O) groups is 1. The SMILES string of the molecule is CCCCOC(=O)C1=C(C)Nc2nc(SCC)nn2C1c1ccc(OCc2cccc(Br)c2)c(OC)c1. The summed E-state index contributed by atoms with van der Waals surface area (Å²) in [6.07, 6.45) is 1.75. The van der Waals surface area contributed by atoms with Gasteiger partial charge in [-0.3, -0.25) is 0 Å². The Labute approximate surface area is 229 Å². The maximum absolute atomic E-state index is 13.3. The van der Waals surface area contributed by atoms with Gasteiger partial charge in [0.15, 0.2) is 11.5 Å². The third-order valence-electron chi connectivity index (χ3n) is 5.84. The number of unbranched alkanes of at least 4 members (excludes halogenated alkanes) is 1. The number of halogens is 1. The van der Waals surface area contributed by atoms with E-state index in [1.807, 2.05) is 56.3 Å². The topological polar surface area (TPSA) is 87.5 Å². The maximum atomic E-state index is 13.3. The van der Waals surface area contributed by atoms with Crippen LogP contribution in [0.3, 0.4) is 0 Å². The van der Waals surface area contributed by atoms with E-state index in [0.29, 0.717) is 47.1 Å². The van der Waals surface area contributed by atoms with E-state index in [1.165, 1.54) is 0 Å². The summed E-state index contributed by atoms with van der Waals surface area (Å²) in [7, 11) is 1.60. The first-order valence-electron chi connectivity index (χ1n) is 12.2. The van der Waals surface area contributed by atoms with Gasteiger partial charge < -0.3 is 19.5 Å². The van der Waals surface area contributed by atoms with Crippen LogP contribution in [0.4, 0.5) is 5.95 Å². The van der Waals surface area contributed by atoms with Crippen molar-refractivity contribution in [1.82, 2.24) is 14.8 Å². The molecule has 0 bridgehead atoms. The number of ether oxygens (including phenoxy) is 3. The average molecular weight is 588 g/mol. The number of carbonyl (C=O) groups excluding carboxylic acids is 1. The molecule has 8 nitrogen and oxygen atoms in total. The number of hydrogen-bond acceptors (Lipinski definition) is 8. The zero-order valence-corrected chi connectivity index (χ0v) is 23.8. The molecule has 1 aromatic heterocycles. The fourth-order valence-corrected chi connectivity index (χ4v) is 5.04. The fourth-order valence-electron chi connectivity index (χ4n) is 4.04. The number of thioether (sulfide) groups is 1. The van der Waals surface area contributed by atoms with Crippen LogP contribution >= 0.6 is 27.7 Å². The number of anilines is 1. The summed E-state index contributed by atoms with van der Waals surface area (Å²) in [4.78, 5) is 17.9. The van der Waals surface area contributed by atoms with E-state index in [-0.39, 0.29) is 5.97 Å². The molecule has 1 atom stereocenters. The molecule has 1 N–H and O–H groups in total. The highest BCUT2D eigenvalue weighted by Gasteiger charge is 2.35. The number of esters is 1. The molecular weight excluding hydrogens is 556 g/mol. The number of allylic oxidation sites excluding steroid dienone is 1. The molecule has 1 aliphatic rings. The van der Waals surface area contributed by atoms with Crippen LogP contribution in [0, 0.1) is 0 Å². The molecule has 2 heterocycles. The van der Waals surface area contributed by atoms with Gasteiger partial charge in [-0.2, -0.15) is 4.98 Å². The molecule has 10 heteroatoms. The number of fused-ring (bicyclic) bond motifs is 1. The van der Waals surface area contributed by atoms with E-state index in [9.17, 15) is 4.79 Å². The Bertz CT molecular complexity index is 1290. The highest BCUT2D eigenvalue weighted by molar-refractivity contribution is 9.10. The number of rotatable bonds is 11. The van der Waals surface area contributed by atoms with Crippen molar-refractivity contribution in [2.24, 2.45) is 0 Å². The second-order valence-corrected chi connectivity index (χ2v) is 10.6. The van der Waals surface area contributed by atoms with Gasteiger partial charge in [0, 0.05) is 10.2 Å². The zero-order chi connectivity index (χ0) is 26.4. The summed E-state index contributed by atoms with van der Waals surface area (Å²) in [5, 5.41) is 8.59. The smallest absolute Gasteiger partial charge is 0.338 e. The van der Waals surface area contributed by atoms with E-state index >= 15 is 0 Å². The minimum atomic E-state index is -0.530. The van der Waals surface area contributed by atoms with Crippen LogP contribution < -0.4 is 14.8 Å². The van der Waals surface area contributed by atoms with E-state index < -0.39 is 6.04 Å². The molecule has 1 aliphatic heterocycles. The zero-order valence-electron chi connectivity index (χ0n) is 21.4. The molecule has 0 spiro atoms. The molecule has 0 amide bonds. The van der Waals surface area contributed by atoms with Crippen molar-refractivity contribution in [3.63, 3.8) is 0 Å². The minimum Gasteiger partial charge on any atom is -0.493 e. The first kappa shape index (κ1) is 27.1. The van der Waals surface area contributed by atoms with Gasteiger partial charge in [-0.15, -0.1) is 5.10 Å². The van der Waals surface area contributed by atoms with Crippen molar-refractivity contribution >= 4 is 39.6 Å². The third kappa shape index (κ3) is 6.30. The van der Waals surface area contributed by atoms with Crippen molar-refractivity contribution in [1.29, 1.82) is 0 Å². The summed E-state index contributed by atoms with van der Waals surface area (Å²) in [6.45, 7) is 6.73. The van der Waals surface area contributed by atoms with Gasteiger partial charge >= 0.3 is 5.97 Å². The lowest BCUT2D eigenvalue weighted by atomic mass is 9.95. The molecule has 0 saturated carbocycles. The van der Waals surface area contributed by atoms with Gasteiger partial charge in [0.2, 0.25) is 11.1 Å². The normalized spacial score (nSPS) is 14.7. The van der Waals surface area contributed by atoms with Crippen LogP contribution in [0.2, 0.25) is 0 Å². The number of methoxy groups -OCH3 is 1. The number of aromatic nitrogens is 3. The first-order chi connectivity index (χ1) is 17.9. The maximum Gasteiger partial charge on any atom is 0.338 e. The highest BCUT2D eigenvalue weighted by atomic mass is 79.9. The fraction of sp³-hybridized carbons (Fsp3) is 0.370. The monoisotopic (exact) mass is 586 g/mol. The van der Waals surface area contributed by atoms with Gasteiger partial charge in [0.1, 0.15) is 12.6 Å². The summed E-state index contributed by atoms with van der Waals surface area (Å²) in [5.41, 5.74) is 3.02. The Hall–Kier alpha value is -2.98. The average Bonchev–Trinajstić information content (AvgIpc) is 3.28. The lowest BCUT2D eigenvalue weighted by molar-refractivity contribution is -0.139. The Kier molecular flexibility index (Phi) is 9.15. The molecule has 196 valence electrons. The molecule has 4 rings (SSSR count). The molecule has 1 unspecified atom stereocenters. The standard InChI is InChI=1S/C27H31BrN4O4S/c1-5-7-13-35-25(33)23-17(3)29-26-30-27(37-6-2)31-32(26)24(23)19-11-12-21(22(15-19)34-4)36-16-18-9-8-10-20(28)14-18/h8-12,14-15,24H,5-7,13,16H2,1-4H3,(H,29,30,31). The summed E-state index contributed by atoms with van der Waals surface area (Å²) >= 11 is 5.04. The quantitative estimate of drug-likeness (QED) is 0.157. The van der Waals surface area contributed by atoms with Gasteiger partial charge in [0.25, 0.3) is 0 Å². The summed E-state index contributed by atoms with van der Waals surface area (Å²) < 4.78 is 20.1.